The van der Waals surface area contributed by atoms with E-state index in [0.717, 1.165) is 10.9 Å². The van der Waals surface area contributed by atoms with Gasteiger partial charge in [0.05, 0.1) is 12.6 Å². The van der Waals surface area contributed by atoms with Crippen molar-refractivity contribution in [3.63, 3.8) is 0 Å². The molecule has 0 bridgehead atoms. The van der Waals surface area contributed by atoms with E-state index < -0.39 is 0 Å². The number of benzene rings is 1. The van der Waals surface area contributed by atoms with Crippen LogP contribution in [0.4, 0.5) is 4.39 Å². The molecular formula is C9H8FNO. The van der Waals surface area contributed by atoms with Crippen molar-refractivity contribution >= 4 is 10.9 Å². The molecule has 0 radical (unpaired) electrons. The number of halogens is 1. The molecule has 3 heteroatoms. The third-order valence-corrected chi connectivity index (χ3v) is 1.81. The molecule has 1 aromatic carbocycles. The predicted octanol–water partition coefficient (Wildman–Crippen LogP) is 2.32. The van der Waals surface area contributed by atoms with Crippen LogP contribution in [0.25, 0.3) is 10.9 Å². The smallest absolute Gasteiger partial charge is 0.192 e. The Hall–Kier alpha value is -1.51. The fourth-order valence-electron chi connectivity index (χ4n) is 1.27. The number of nitrogens with one attached hydrogen (secondary N) is 1. The average molecular weight is 165 g/mol. The Bertz CT molecular complexity index is 408. The van der Waals surface area contributed by atoms with Crippen LogP contribution < -0.4 is 4.74 Å². The molecule has 0 fully saturated rings. The molecule has 0 saturated carbocycles. The van der Waals surface area contributed by atoms with Crippen LogP contribution in [0.3, 0.4) is 0 Å². The third-order valence-electron chi connectivity index (χ3n) is 1.81. The number of fused-ring (bicyclic) bond motifs is 1. The minimum Gasteiger partial charge on any atom is -0.496 e. The van der Waals surface area contributed by atoms with Crippen LogP contribution in [-0.2, 0) is 0 Å². The van der Waals surface area contributed by atoms with E-state index in [4.69, 9.17) is 4.74 Å². The molecular weight excluding hydrogens is 157 g/mol. The van der Waals surface area contributed by atoms with Crippen LogP contribution in [0.5, 0.6) is 5.75 Å². The Morgan fingerprint density at radius 3 is 3.00 bits per heavy atom. The van der Waals surface area contributed by atoms with Crippen LogP contribution in [0.2, 0.25) is 0 Å². The summed E-state index contributed by atoms with van der Waals surface area (Å²) in [5, 5.41) is 0.775. The van der Waals surface area contributed by atoms with Gasteiger partial charge in [-0.25, -0.2) is 0 Å². The highest BCUT2D eigenvalue weighted by Gasteiger charge is 2.03. The van der Waals surface area contributed by atoms with Gasteiger partial charge in [-0.15, -0.1) is 0 Å². The highest BCUT2D eigenvalue weighted by atomic mass is 19.1. The normalized spacial score (nSPS) is 10.5. The Balaban J connectivity index is 2.78. The maximum Gasteiger partial charge on any atom is 0.192 e. The standard InChI is InChI=1S/C9H8FNO/c1-12-8-4-2-3-7-6(8)5-9(10)11-7/h2-5,11H,1H3. The average Bonchev–Trinajstić information content (AvgIpc) is 2.44. The zero-order valence-corrected chi connectivity index (χ0v) is 6.60. The fourth-order valence-corrected chi connectivity index (χ4v) is 1.27. The van der Waals surface area contributed by atoms with E-state index in [2.05, 4.69) is 4.98 Å². The minimum atomic E-state index is -0.338. The summed E-state index contributed by atoms with van der Waals surface area (Å²) in [6.45, 7) is 0. The molecule has 1 aromatic heterocycles. The zero-order valence-electron chi connectivity index (χ0n) is 6.60. The highest BCUT2D eigenvalue weighted by Crippen LogP contribution is 2.24. The molecule has 2 rings (SSSR count). The van der Waals surface area contributed by atoms with E-state index in [1.54, 1.807) is 19.2 Å². The molecule has 0 unspecified atom stereocenters. The highest BCUT2D eigenvalue weighted by molar-refractivity contribution is 5.85. The molecule has 0 aliphatic rings. The summed E-state index contributed by atoms with van der Waals surface area (Å²) in [5.41, 5.74) is 0.756. The maximum absolute atomic E-state index is 12.7. The molecule has 62 valence electrons. The first kappa shape index (κ1) is 7.16. The Morgan fingerprint density at radius 1 is 1.42 bits per heavy atom. The van der Waals surface area contributed by atoms with Gasteiger partial charge in [0.15, 0.2) is 5.95 Å². The fraction of sp³-hybridized carbons (Fsp3) is 0.111. The third kappa shape index (κ3) is 0.942. The lowest BCUT2D eigenvalue weighted by Crippen LogP contribution is -1.81. The van der Waals surface area contributed by atoms with E-state index in [1.165, 1.54) is 6.07 Å². The zero-order chi connectivity index (χ0) is 8.55. The SMILES string of the molecule is COc1cccc2[nH]c(F)cc12. The largest absolute Gasteiger partial charge is 0.496 e. The van der Waals surface area contributed by atoms with Gasteiger partial charge >= 0.3 is 0 Å². The molecule has 2 nitrogen and oxygen atoms in total. The lowest BCUT2D eigenvalue weighted by Gasteiger charge is -1.98. The van der Waals surface area contributed by atoms with Gasteiger partial charge in [-0.2, -0.15) is 4.39 Å². The lowest BCUT2D eigenvalue weighted by molar-refractivity contribution is 0.420. The number of methoxy groups -OCH3 is 1. The van der Waals surface area contributed by atoms with Crippen molar-refractivity contribution in [1.82, 2.24) is 4.98 Å². The molecule has 12 heavy (non-hydrogen) atoms. The Morgan fingerprint density at radius 2 is 2.25 bits per heavy atom. The van der Waals surface area contributed by atoms with Gasteiger partial charge in [-0.05, 0) is 12.1 Å². The first-order valence-corrected chi connectivity index (χ1v) is 3.62. The Kier molecular flexibility index (Phi) is 1.50. The molecule has 0 atom stereocenters. The number of H-pyrrole nitrogens is 1. The van der Waals surface area contributed by atoms with Crippen molar-refractivity contribution < 1.29 is 9.13 Å². The van der Waals surface area contributed by atoms with Crippen molar-refractivity contribution in [2.75, 3.05) is 7.11 Å². The van der Waals surface area contributed by atoms with Gasteiger partial charge in [-0.1, -0.05) is 6.07 Å². The van der Waals surface area contributed by atoms with Gasteiger partial charge in [0.2, 0.25) is 0 Å². The summed E-state index contributed by atoms with van der Waals surface area (Å²) in [7, 11) is 1.57. The number of hydrogen-bond acceptors (Lipinski definition) is 1. The quantitative estimate of drug-likeness (QED) is 0.689. The second-order valence-corrected chi connectivity index (χ2v) is 2.54. The van der Waals surface area contributed by atoms with Crippen molar-refractivity contribution in [3.05, 3.63) is 30.2 Å². The number of aromatic nitrogens is 1. The van der Waals surface area contributed by atoms with Gasteiger partial charge < -0.3 is 9.72 Å². The van der Waals surface area contributed by atoms with Crippen molar-refractivity contribution in [1.29, 1.82) is 0 Å². The van der Waals surface area contributed by atoms with Crippen LogP contribution in [0, 0.1) is 5.95 Å². The summed E-state index contributed by atoms with van der Waals surface area (Å²) in [6.07, 6.45) is 0. The van der Waals surface area contributed by atoms with Gasteiger partial charge in [-0.3, -0.25) is 0 Å². The molecule has 2 aromatic rings. The van der Waals surface area contributed by atoms with E-state index in [9.17, 15) is 4.39 Å². The number of aromatic amines is 1. The molecule has 0 saturated heterocycles. The Labute approximate surface area is 69.0 Å². The van der Waals surface area contributed by atoms with Crippen LogP contribution >= 0.6 is 0 Å². The molecule has 1 heterocycles. The predicted molar refractivity (Wildman–Crippen MR) is 44.8 cm³/mol. The summed E-state index contributed by atoms with van der Waals surface area (Å²) >= 11 is 0. The maximum atomic E-state index is 12.7. The first-order valence-electron chi connectivity index (χ1n) is 3.62. The summed E-state index contributed by atoms with van der Waals surface area (Å²) < 4.78 is 17.8. The monoisotopic (exact) mass is 165 g/mol. The van der Waals surface area contributed by atoms with E-state index in [1.807, 2.05) is 6.07 Å². The summed E-state index contributed by atoms with van der Waals surface area (Å²) in [5.74, 6) is 0.349. The number of rotatable bonds is 1. The van der Waals surface area contributed by atoms with Crippen molar-refractivity contribution in [2.24, 2.45) is 0 Å². The topological polar surface area (TPSA) is 25.0 Å². The summed E-state index contributed by atoms with van der Waals surface area (Å²) in [6, 6.07) is 6.85. The van der Waals surface area contributed by atoms with Crippen LogP contribution in [-0.4, -0.2) is 12.1 Å². The van der Waals surface area contributed by atoms with Crippen molar-refractivity contribution in [2.45, 2.75) is 0 Å². The number of hydrogen-bond donors (Lipinski definition) is 1. The molecule has 0 amide bonds. The number of ether oxygens (including phenoxy) is 1. The first-order chi connectivity index (χ1) is 5.81. The minimum absolute atomic E-state index is 0.338. The molecule has 0 spiro atoms. The second kappa shape index (κ2) is 2.52. The molecule has 0 aliphatic carbocycles. The van der Waals surface area contributed by atoms with Crippen LogP contribution in [0.15, 0.2) is 24.3 Å². The van der Waals surface area contributed by atoms with Gasteiger partial charge in [0.25, 0.3) is 0 Å². The van der Waals surface area contributed by atoms with E-state index in [0.29, 0.717) is 5.75 Å². The van der Waals surface area contributed by atoms with Gasteiger partial charge in [0.1, 0.15) is 5.75 Å². The second-order valence-electron chi connectivity index (χ2n) is 2.54. The lowest BCUT2D eigenvalue weighted by atomic mass is 10.2. The molecule has 0 aliphatic heterocycles. The van der Waals surface area contributed by atoms with E-state index >= 15 is 0 Å². The van der Waals surface area contributed by atoms with Crippen LogP contribution in [0.1, 0.15) is 0 Å². The van der Waals surface area contributed by atoms with Gasteiger partial charge in [0, 0.05) is 11.5 Å². The molecule has 1 N–H and O–H groups in total. The van der Waals surface area contributed by atoms with E-state index in [-0.39, 0.29) is 5.95 Å². The summed E-state index contributed by atoms with van der Waals surface area (Å²) in [4.78, 5) is 2.59. The van der Waals surface area contributed by atoms with Crippen molar-refractivity contribution in [3.8, 4) is 5.75 Å².